The van der Waals surface area contributed by atoms with Crippen LogP contribution in [0, 0.1) is 6.92 Å². The summed E-state index contributed by atoms with van der Waals surface area (Å²) in [6, 6.07) is 12.1. The number of hydrogen-bond donors (Lipinski definition) is 1. The van der Waals surface area contributed by atoms with Crippen LogP contribution in [-0.4, -0.2) is 6.09 Å². The Morgan fingerprint density at radius 1 is 1.16 bits per heavy atom. The van der Waals surface area contributed by atoms with E-state index in [0.29, 0.717) is 10.7 Å². The van der Waals surface area contributed by atoms with Gasteiger partial charge in [-0.3, -0.25) is 5.32 Å². The van der Waals surface area contributed by atoms with Crippen LogP contribution in [0.2, 0.25) is 10.0 Å². The monoisotopic (exact) mass is 295 g/mol. The minimum absolute atomic E-state index is 0.261. The average Bonchev–Trinajstić information content (AvgIpc) is 2.36. The number of anilines is 1. The third kappa shape index (κ3) is 3.63. The summed E-state index contributed by atoms with van der Waals surface area (Å²) < 4.78 is 5.12. The molecule has 19 heavy (non-hydrogen) atoms. The molecule has 3 nitrogen and oxygen atoms in total. The molecule has 0 aliphatic rings. The van der Waals surface area contributed by atoms with Gasteiger partial charge in [0.25, 0.3) is 0 Å². The van der Waals surface area contributed by atoms with E-state index >= 15 is 0 Å². The number of carbonyl (C=O) groups excluding carboxylic acids is 1. The molecule has 1 N–H and O–H groups in total. The van der Waals surface area contributed by atoms with Crippen LogP contribution in [0.25, 0.3) is 0 Å². The molecule has 0 fully saturated rings. The number of carbonyl (C=O) groups is 1. The van der Waals surface area contributed by atoms with Crippen LogP contribution in [-0.2, 0) is 0 Å². The van der Waals surface area contributed by atoms with E-state index in [1.54, 1.807) is 18.2 Å². The van der Waals surface area contributed by atoms with Crippen molar-refractivity contribution in [1.82, 2.24) is 0 Å². The first-order valence-electron chi connectivity index (χ1n) is 5.56. The largest absolute Gasteiger partial charge is 0.417 e. The number of benzene rings is 2. The second-order valence-electron chi connectivity index (χ2n) is 3.90. The van der Waals surface area contributed by atoms with Crippen molar-refractivity contribution in [2.75, 3.05) is 5.32 Å². The zero-order valence-electron chi connectivity index (χ0n) is 10.1. The second kappa shape index (κ2) is 5.95. The Morgan fingerprint density at radius 3 is 2.58 bits per heavy atom. The number of para-hydroxylation sites is 1. The summed E-state index contributed by atoms with van der Waals surface area (Å²) in [4.78, 5) is 11.7. The highest BCUT2D eigenvalue weighted by Gasteiger charge is 2.09. The summed E-state index contributed by atoms with van der Waals surface area (Å²) >= 11 is 11.7. The van der Waals surface area contributed by atoms with Crippen molar-refractivity contribution in [1.29, 1.82) is 0 Å². The van der Waals surface area contributed by atoms with Crippen molar-refractivity contribution in [2.24, 2.45) is 0 Å². The van der Waals surface area contributed by atoms with Crippen molar-refractivity contribution < 1.29 is 9.53 Å². The molecule has 0 unspecified atom stereocenters. The van der Waals surface area contributed by atoms with Crippen molar-refractivity contribution in [3.8, 4) is 5.75 Å². The van der Waals surface area contributed by atoms with E-state index in [4.69, 9.17) is 27.9 Å². The standard InChI is InChI=1S/C14H11Cl2NO2/c1-9-4-2-3-5-12(9)17-14(18)19-13-7-6-10(15)8-11(13)16/h2-8H,1H3,(H,17,18). The molecule has 2 rings (SSSR count). The van der Waals surface area contributed by atoms with Crippen LogP contribution in [0.15, 0.2) is 42.5 Å². The number of halogens is 2. The number of rotatable bonds is 2. The van der Waals surface area contributed by atoms with Gasteiger partial charge in [-0.15, -0.1) is 0 Å². The van der Waals surface area contributed by atoms with Crippen LogP contribution in [0.3, 0.4) is 0 Å². The molecule has 0 saturated heterocycles. The van der Waals surface area contributed by atoms with Gasteiger partial charge in [-0.25, -0.2) is 4.79 Å². The fourth-order valence-electron chi connectivity index (χ4n) is 1.51. The lowest BCUT2D eigenvalue weighted by molar-refractivity contribution is 0.215. The first kappa shape index (κ1) is 13.7. The van der Waals surface area contributed by atoms with Gasteiger partial charge in [-0.2, -0.15) is 0 Å². The Hall–Kier alpha value is -1.71. The van der Waals surface area contributed by atoms with E-state index in [0.717, 1.165) is 5.56 Å². The van der Waals surface area contributed by atoms with Crippen LogP contribution in [0.1, 0.15) is 5.56 Å². The summed E-state index contributed by atoms with van der Waals surface area (Å²) in [5.41, 5.74) is 1.64. The predicted octanol–water partition coefficient (Wildman–Crippen LogP) is 4.91. The molecule has 0 atom stereocenters. The maximum absolute atomic E-state index is 11.7. The number of amides is 1. The molecule has 0 bridgehead atoms. The number of hydrogen-bond acceptors (Lipinski definition) is 2. The summed E-state index contributed by atoms with van der Waals surface area (Å²) in [5.74, 6) is 0.261. The molecule has 98 valence electrons. The Balaban J connectivity index is 2.08. The highest BCUT2D eigenvalue weighted by Crippen LogP contribution is 2.27. The topological polar surface area (TPSA) is 38.3 Å². The first-order valence-corrected chi connectivity index (χ1v) is 6.31. The highest BCUT2D eigenvalue weighted by molar-refractivity contribution is 6.35. The Bertz CT molecular complexity index is 614. The lowest BCUT2D eigenvalue weighted by Crippen LogP contribution is -2.17. The van der Waals surface area contributed by atoms with E-state index in [9.17, 15) is 4.79 Å². The highest BCUT2D eigenvalue weighted by atomic mass is 35.5. The molecule has 2 aromatic carbocycles. The molecule has 0 aromatic heterocycles. The van der Waals surface area contributed by atoms with Gasteiger partial charge >= 0.3 is 6.09 Å². The summed E-state index contributed by atoms with van der Waals surface area (Å²) in [6.45, 7) is 1.89. The first-order chi connectivity index (χ1) is 9.06. The fraction of sp³-hybridized carbons (Fsp3) is 0.0714. The van der Waals surface area contributed by atoms with E-state index in [2.05, 4.69) is 5.32 Å². The van der Waals surface area contributed by atoms with Gasteiger partial charge in [-0.1, -0.05) is 41.4 Å². The van der Waals surface area contributed by atoms with Crippen LogP contribution >= 0.6 is 23.2 Å². The maximum Gasteiger partial charge on any atom is 0.417 e. The lowest BCUT2D eigenvalue weighted by Gasteiger charge is -2.09. The van der Waals surface area contributed by atoms with Gasteiger partial charge in [0, 0.05) is 10.7 Å². The quantitative estimate of drug-likeness (QED) is 0.854. The molecule has 0 aliphatic carbocycles. The van der Waals surface area contributed by atoms with E-state index in [1.807, 2.05) is 25.1 Å². The number of aryl methyl sites for hydroxylation is 1. The van der Waals surface area contributed by atoms with E-state index in [1.165, 1.54) is 6.07 Å². The average molecular weight is 296 g/mol. The van der Waals surface area contributed by atoms with Crippen molar-refractivity contribution in [3.05, 3.63) is 58.1 Å². The van der Waals surface area contributed by atoms with Gasteiger partial charge < -0.3 is 4.74 Å². The zero-order chi connectivity index (χ0) is 13.8. The SMILES string of the molecule is Cc1ccccc1NC(=O)Oc1ccc(Cl)cc1Cl. The van der Waals surface area contributed by atoms with Gasteiger partial charge in [-0.05, 0) is 36.8 Å². The van der Waals surface area contributed by atoms with Gasteiger partial charge in [0.05, 0.1) is 5.02 Å². The van der Waals surface area contributed by atoms with Gasteiger partial charge in [0.2, 0.25) is 0 Å². The third-order valence-electron chi connectivity index (χ3n) is 2.48. The second-order valence-corrected chi connectivity index (χ2v) is 4.75. The van der Waals surface area contributed by atoms with Crippen LogP contribution < -0.4 is 10.1 Å². The zero-order valence-corrected chi connectivity index (χ0v) is 11.6. The van der Waals surface area contributed by atoms with Crippen molar-refractivity contribution >= 4 is 35.0 Å². The Morgan fingerprint density at radius 2 is 1.89 bits per heavy atom. The number of nitrogens with one attached hydrogen (secondary N) is 1. The van der Waals surface area contributed by atoms with Crippen molar-refractivity contribution in [2.45, 2.75) is 6.92 Å². The van der Waals surface area contributed by atoms with E-state index < -0.39 is 6.09 Å². The minimum atomic E-state index is -0.599. The summed E-state index contributed by atoms with van der Waals surface area (Å²) in [7, 11) is 0. The van der Waals surface area contributed by atoms with Gasteiger partial charge in [0.15, 0.2) is 5.75 Å². The molecule has 5 heteroatoms. The van der Waals surface area contributed by atoms with Crippen LogP contribution in [0.4, 0.5) is 10.5 Å². The molecule has 0 saturated carbocycles. The molecule has 0 aliphatic heterocycles. The summed E-state index contributed by atoms with van der Waals surface area (Å²) in [5, 5.41) is 3.42. The molecule has 2 aromatic rings. The predicted molar refractivity (Wildman–Crippen MR) is 77.3 cm³/mol. The molecule has 0 heterocycles. The maximum atomic E-state index is 11.7. The Labute approximate surface area is 121 Å². The smallest absolute Gasteiger partial charge is 0.409 e. The van der Waals surface area contributed by atoms with Crippen LogP contribution in [0.5, 0.6) is 5.75 Å². The van der Waals surface area contributed by atoms with Gasteiger partial charge in [0.1, 0.15) is 0 Å². The molecular weight excluding hydrogens is 285 g/mol. The lowest BCUT2D eigenvalue weighted by atomic mass is 10.2. The molecule has 0 spiro atoms. The molecular formula is C14H11Cl2NO2. The Kier molecular flexibility index (Phi) is 4.30. The van der Waals surface area contributed by atoms with E-state index in [-0.39, 0.29) is 10.8 Å². The molecule has 0 radical (unpaired) electrons. The fourth-order valence-corrected chi connectivity index (χ4v) is 1.95. The minimum Gasteiger partial charge on any atom is -0.409 e. The molecule has 1 amide bonds. The van der Waals surface area contributed by atoms with Crippen molar-refractivity contribution in [3.63, 3.8) is 0 Å². The normalized spacial score (nSPS) is 10.1. The number of ether oxygens (including phenoxy) is 1. The third-order valence-corrected chi connectivity index (χ3v) is 3.01. The summed E-state index contributed by atoms with van der Waals surface area (Å²) in [6.07, 6.45) is -0.599.